The highest BCUT2D eigenvalue weighted by Gasteiger charge is 2.36. The molecule has 6 nitrogen and oxygen atoms in total. The van der Waals surface area contributed by atoms with Gasteiger partial charge in [0.1, 0.15) is 6.54 Å². The minimum atomic E-state index is -0.474. The van der Waals surface area contributed by atoms with Crippen LogP contribution in [0.25, 0.3) is 11.6 Å². The molecule has 4 rings (SSSR count). The zero-order valence-corrected chi connectivity index (χ0v) is 21.1. The highest BCUT2D eigenvalue weighted by Crippen LogP contribution is 2.40. The predicted molar refractivity (Wildman–Crippen MR) is 140 cm³/mol. The van der Waals surface area contributed by atoms with Gasteiger partial charge in [-0.3, -0.25) is 19.3 Å². The quantitative estimate of drug-likeness (QED) is 0.512. The molecule has 0 aliphatic carbocycles. The number of anilines is 2. The van der Waals surface area contributed by atoms with E-state index in [-0.39, 0.29) is 12.1 Å². The van der Waals surface area contributed by atoms with Crippen molar-refractivity contribution in [1.29, 1.82) is 0 Å². The second-order valence-corrected chi connectivity index (χ2v) is 10.3. The fourth-order valence-corrected chi connectivity index (χ4v) is 5.50. The molecule has 2 heterocycles. The van der Waals surface area contributed by atoms with Crippen molar-refractivity contribution >= 4 is 63.4 Å². The molecule has 2 aliphatic rings. The first-order valence-corrected chi connectivity index (χ1v) is 12.2. The van der Waals surface area contributed by atoms with Crippen molar-refractivity contribution in [3.63, 3.8) is 0 Å². The van der Waals surface area contributed by atoms with Crippen LogP contribution < -0.4 is 10.2 Å². The molecule has 8 heteroatoms. The van der Waals surface area contributed by atoms with Crippen LogP contribution in [-0.2, 0) is 9.59 Å². The number of allylic oxidation sites excluding steroid dienone is 1. The molecule has 0 unspecified atom stereocenters. The second-order valence-electron chi connectivity index (χ2n) is 8.83. The van der Waals surface area contributed by atoms with Crippen molar-refractivity contribution in [2.24, 2.45) is 0 Å². The van der Waals surface area contributed by atoms with Gasteiger partial charge in [0.15, 0.2) is 0 Å². The monoisotopic (exact) mass is 495 g/mol. The minimum Gasteiger partial charge on any atom is -0.363 e. The highest BCUT2D eigenvalue weighted by atomic mass is 35.5. The van der Waals surface area contributed by atoms with E-state index in [0.717, 1.165) is 40.0 Å². The molecule has 0 aromatic heterocycles. The number of rotatable bonds is 5. The second kappa shape index (κ2) is 9.31. The number of amides is 3. The van der Waals surface area contributed by atoms with Crippen molar-refractivity contribution in [2.75, 3.05) is 23.3 Å². The molecule has 0 radical (unpaired) electrons. The predicted octanol–water partition coefficient (Wildman–Crippen LogP) is 6.04. The smallest absolute Gasteiger partial charge is 0.294 e. The number of fused-ring (bicyclic) bond motifs is 1. The number of carbonyl (C=O) groups is 3. The first-order valence-electron chi connectivity index (χ1n) is 11.0. The Morgan fingerprint density at radius 1 is 1.18 bits per heavy atom. The molecule has 0 saturated carbocycles. The first-order chi connectivity index (χ1) is 16.1. The fraction of sp³-hybridized carbons (Fsp3) is 0.269. The van der Waals surface area contributed by atoms with E-state index in [0.29, 0.717) is 15.6 Å². The molecule has 2 aliphatic heterocycles. The van der Waals surface area contributed by atoms with Gasteiger partial charge in [-0.2, -0.15) is 0 Å². The van der Waals surface area contributed by atoms with Gasteiger partial charge in [0.25, 0.3) is 11.1 Å². The van der Waals surface area contributed by atoms with Gasteiger partial charge in [-0.05, 0) is 87.0 Å². The van der Waals surface area contributed by atoms with Crippen molar-refractivity contribution in [3.05, 3.63) is 69.6 Å². The fourth-order valence-electron chi connectivity index (χ4n) is 4.47. The third-order valence-corrected chi connectivity index (χ3v) is 7.04. The van der Waals surface area contributed by atoms with Gasteiger partial charge in [-0.1, -0.05) is 29.8 Å². The van der Waals surface area contributed by atoms with E-state index in [9.17, 15) is 14.4 Å². The van der Waals surface area contributed by atoms with Gasteiger partial charge in [0.2, 0.25) is 5.91 Å². The Bertz CT molecular complexity index is 1250. The lowest BCUT2D eigenvalue weighted by Gasteiger charge is -2.42. The number of hydrogen-bond donors (Lipinski definition) is 1. The van der Waals surface area contributed by atoms with E-state index < -0.39 is 17.1 Å². The van der Waals surface area contributed by atoms with Crippen molar-refractivity contribution in [2.45, 2.75) is 33.2 Å². The molecule has 1 N–H and O–H groups in total. The molecule has 2 aromatic rings. The van der Waals surface area contributed by atoms with Crippen molar-refractivity contribution in [1.82, 2.24) is 4.90 Å². The summed E-state index contributed by atoms with van der Waals surface area (Å²) in [6.07, 6.45) is 3.96. The molecule has 1 saturated heterocycles. The maximum absolute atomic E-state index is 12.9. The standard InChI is InChI=1S/C26H26ClN3O3S/c1-5-30-21-10-9-17(11-20(21)16(2)14-26(30,3)4)12-22-24(32)29(25(33)34-22)15-23(31)28-19-8-6-7-18(27)13-19/h6-14H,5,15H2,1-4H3,(H,28,31)/b22-12+. The summed E-state index contributed by atoms with van der Waals surface area (Å²) in [4.78, 5) is 41.4. The minimum absolute atomic E-state index is 0.0817. The van der Waals surface area contributed by atoms with Crippen LogP contribution in [0.1, 0.15) is 38.8 Å². The number of likely N-dealkylation sites (N-methyl/N-ethyl adjacent to an activating group) is 1. The summed E-state index contributed by atoms with van der Waals surface area (Å²) in [5, 5.41) is 2.67. The van der Waals surface area contributed by atoms with Gasteiger partial charge >= 0.3 is 0 Å². The molecule has 1 fully saturated rings. The van der Waals surface area contributed by atoms with Crippen LogP contribution in [0, 0.1) is 0 Å². The Labute approximate surface area is 208 Å². The summed E-state index contributed by atoms with van der Waals surface area (Å²) in [6.45, 7) is 9.11. The van der Waals surface area contributed by atoms with Crippen molar-refractivity contribution < 1.29 is 14.4 Å². The zero-order chi connectivity index (χ0) is 24.6. The Morgan fingerprint density at radius 3 is 2.65 bits per heavy atom. The number of carbonyl (C=O) groups excluding carboxylic acids is 3. The lowest BCUT2D eigenvalue weighted by Crippen LogP contribution is -2.44. The Hall–Kier alpha value is -3.03. The largest absolute Gasteiger partial charge is 0.363 e. The summed E-state index contributed by atoms with van der Waals surface area (Å²) in [5.41, 5.74) is 4.68. The van der Waals surface area contributed by atoms with Crippen LogP contribution >= 0.6 is 23.4 Å². The number of nitrogens with zero attached hydrogens (tertiary/aromatic N) is 2. The van der Waals surface area contributed by atoms with Crippen LogP contribution in [0.4, 0.5) is 16.2 Å². The Kier molecular flexibility index (Phi) is 6.60. The van der Waals surface area contributed by atoms with Gasteiger partial charge in [0.05, 0.1) is 10.4 Å². The molecule has 0 bridgehead atoms. The number of hydrogen-bond acceptors (Lipinski definition) is 5. The molecule has 3 amide bonds. The van der Waals surface area contributed by atoms with E-state index in [4.69, 9.17) is 11.6 Å². The van der Waals surface area contributed by atoms with Gasteiger partial charge in [-0.25, -0.2) is 0 Å². The summed E-state index contributed by atoms with van der Waals surface area (Å²) >= 11 is 6.78. The number of thioether (sulfide) groups is 1. The van der Waals surface area contributed by atoms with E-state index in [1.165, 1.54) is 5.57 Å². The molecule has 2 aromatic carbocycles. The SMILES string of the molecule is CCN1c2ccc(/C=C3/SC(=O)N(CC(=O)Nc4cccc(Cl)c4)C3=O)cc2C(C)=CC1(C)C. The molecule has 176 valence electrons. The lowest BCUT2D eigenvalue weighted by atomic mass is 9.88. The topological polar surface area (TPSA) is 69.7 Å². The zero-order valence-electron chi connectivity index (χ0n) is 19.5. The van der Waals surface area contributed by atoms with Gasteiger partial charge < -0.3 is 10.2 Å². The van der Waals surface area contributed by atoms with Crippen LogP contribution in [0.15, 0.2) is 53.4 Å². The average Bonchev–Trinajstić information content (AvgIpc) is 3.01. The molecule has 34 heavy (non-hydrogen) atoms. The normalized spacial score (nSPS) is 18.3. The molecular weight excluding hydrogens is 470 g/mol. The van der Waals surface area contributed by atoms with Crippen LogP contribution in [0.3, 0.4) is 0 Å². The van der Waals surface area contributed by atoms with Crippen LogP contribution in [0.5, 0.6) is 0 Å². The highest BCUT2D eigenvalue weighted by molar-refractivity contribution is 8.18. The maximum Gasteiger partial charge on any atom is 0.294 e. The molecule has 0 spiro atoms. The van der Waals surface area contributed by atoms with Gasteiger partial charge in [-0.15, -0.1) is 0 Å². The summed E-state index contributed by atoms with van der Waals surface area (Å²) < 4.78 is 0. The van der Waals surface area contributed by atoms with Crippen LogP contribution in [-0.4, -0.2) is 40.6 Å². The van der Waals surface area contributed by atoms with E-state index in [1.54, 1.807) is 30.3 Å². The summed E-state index contributed by atoms with van der Waals surface area (Å²) in [7, 11) is 0. The lowest BCUT2D eigenvalue weighted by molar-refractivity contribution is -0.127. The Balaban J connectivity index is 1.52. The first kappa shape index (κ1) is 24.1. The summed E-state index contributed by atoms with van der Waals surface area (Å²) in [5.74, 6) is -0.944. The van der Waals surface area contributed by atoms with E-state index in [2.05, 4.69) is 50.1 Å². The average molecular weight is 496 g/mol. The van der Waals surface area contributed by atoms with Gasteiger partial charge in [0, 0.05) is 28.5 Å². The number of imide groups is 1. The third kappa shape index (κ3) is 4.76. The summed E-state index contributed by atoms with van der Waals surface area (Å²) in [6, 6.07) is 12.7. The number of halogens is 1. The van der Waals surface area contributed by atoms with E-state index in [1.807, 2.05) is 12.1 Å². The molecular formula is C26H26ClN3O3S. The Morgan fingerprint density at radius 2 is 1.94 bits per heavy atom. The van der Waals surface area contributed by atoms with Crippen molar-refractivity contribution in [3.8, 4) is 0 Å². The van der Waals surface area contributed by atoms with Crippen LogP contribution in [0.2, 0.25) is 5.02 Å². The molecule has 0 atom stereocenters. The third-order valence-electron chi connectivity index (χ3n) is 5.90. The number of benzene rings is 2. The maximum atomic E-state index is 12.9. The van der Waals surface area contributed by atoms with E-state index >= 15 is 0 Å². The number of nitrogens with one attached hydrogen (secondary N) is 1.